The zero-order chi connectivity index (χ0) is 12.3. The maximum Gasteiger partial charge on any atom is 0.174 e. The number of rotatable bonds is 4. The van der Waals surface area contributed by atoms with E-state index in [1.54, 1.807) is 19.5 Å². The van der Waals surface area contributed by atoms with Crippen LogP contribution >= 0.6 is 11.8 Å². The molecule has 2 heterocycles. The molecular formula is C11H13N3O2S. The summed E-state index contributed by atoms with van der Waals surface area (Å²) in [7, 11) is 3.47. The molecule has 90 valence electrons. The number of aliphatic hydroxyl groups excluding tert-OH is 1. The lowest BCUT2D eigenvalue weighted by molar-refractivity contribution is 0.271. The lowest BCUT2D eigenvalue weighted by atomic mass is 10.5. The normalized spacial score (nSPS) is 10.5. The summed E-state index contributed by atoms with van der Waals surface area (Å²) in [6.45, 7) is -0.0244. The Hall–Kier alpha value is -1.53. The van der Waals surface area contributed by atoms with Crippen LogP contribution in [0.4, 0.5) is 0 Å². The van der Waals surface area contributed by atoms with Crippen molar-refractivity contribution in [2.75, 3.05) is 7.11 Å². The average Bonchev–Trinajstić information content (AvgIpc) is 2.71. The number of hydrogen-bond donors (Lipinski definition) is 1. The zero-order valence-electron chi connectivity index (χ0n) is 9.62. The van der Waals surface area contributed by atoms with Crippen molar-refractivity contribution in [1.82, 2.24) is 14.5 Å². The highest BCUT2D eigenvalue weighted by Crippen LogP contribution is 2.31. The summed E-state index contributed by atoms with van der Waals surface area (Å²) >= 11 is 1.41. The molecular weight excluding hydrogens is 238 g/mol. The molecule has 17 heavy (non-hydrogen) atoms. The molecule has 0 aliphatic carbocycles. The maximum absolute atomic E-state index is 9.09. The van der Waals surface area contributed by atoms with Gasteiger partial charge in [0.1, 0.15) is 5.03 Å². The van der Waals surface area contributed by atoms with E-state index in [0.29, 0.717) is 5.75 Å². The van der Waals surface area contributed by atoms with E-state index >= 15 is 0 Å². The second-order valence-electron chi connectivity index (χ2n) is 3.36. The fourth-order valence-electron chi connectivity index (χ4n) is 1.36. The molecule has 0 fully saturated rings. The van der Waals surface area contributed by atoms with Crippen LogP contribution < -0.4 is 4.74 Å². The third-order valence-corrected chi connectivity index (χ3v) is 3.41. The molecule has 2 aromatic heterocycles. The summed E-state index contributed by atoms with van der Waals surface area (Å²) in [5.41, 5.74) is 0.766. The van der Waals surface area contributed by atoms with E-state index in [1.807, 2.05) is 23.7 Å². The van der Waals surface area contributed by atoms with Crippen molar-refractivity contribution in [2.24, 2.45) is 7.05 Å². The number of nitrogens with zero attached hydrogens (tertiary/aromatic N) is 3. The highest BCUT2D eigenvalue weighted by Gasteiger charge is 2.11. The van der Waals surface area contributed by atoms with E-state index in [-0.39, 0.29) is 6.61 Å². The summed E-state index contributed by atoms with van der Waals surface area (Å²) in [4.78, 5) is 8.47. The van der Waals surface area contributed by atoms with Crippen LogP contribution in [0, 0.1) is 0 Å². The molecule has 0 unspecified atom stereocenters. The molecule has 0 bridgehead atoms. The van der Waals surface area contributed by atoms with Crippen molar-refractivity contribution < 1.29 is 9.84 Å². The lowest BCUT2D eigenvalue weighted by Gasteiger charge is -2.06. The molecule has 1 N–H and O–H groups in total. The molecule has 0 amide bonds. The monoisotopic (exact) mass is 251 g/mol. The van der Waals surface area contributed by atoms with Gasteiger partial charge in [0.2, 0.25) is 0 Å². The van der Waals surface area contributed by atoms with Gasteiger partial charge in [0.15, 0.2) is 10.9 Å². The largest absolute Gasteiger partial charge is 0.494 e. The summed E-state index contributed by atoms with van der Waals surface area (Å²) in [5, 5.41) is 10.6. The molecule has 0 saturated carbocycles. The van der Waals surface area contributed by atoms with E-state index < -0.39 is 0 Å². The Morgan fingerprint density at radius 3 is 2.94 bits per heavy atom. The Balaban J connectivity index is 2.28. The number of methoxy groups -OCH3 is 1. The van der Waals surface area contributed by atoms with Gasteiger partial charge in [0.25, 0.3) is 0 Å². The third-order valence-electron chi connectivity index (χ3n) is 2.35. The molecule has 0 saturated heterocycles. The molecule has 0 aliphatic rings. The maximum atomic E-state index is 9.09. The Morgan fingerprint density at radius 2 is 2.29 bits per heavy atom. The number of pyridine rings is 1. The van der Waals surface area contributed by atoms with E-state index in [1.165, 1.54) is 11.8 Å². The van der Waals surface area contributed by atoms with Crippen LogP contribution in [0.5, 0.6) is 5.75 Å². The van der Waals surface area contributed by atoms with Gasteiger partial charge in [-0.1, -0.05) is 0 Å². The molecule has 5 nitrogen and oxygen atoms in total. The first-order chi connectivity index (χ1) is 8.26. The van der Waals surface area contributed by atoms with Gasteiger partial charge < -0.3 is 14.4 Å². The highest BCUT2D eigenvalue weighted by molar-refractivity contribution is 7.99. The number of aliphatic hydroxyl groups is 1. The number of ether oxygens (including phenoxy) is 1. The molecule has 2 rings (SSSR count). The number of aromatic nitrogens is 3. The van der Waals surface area contributed by atoms with Crippen molar-refractivity contribution >= 4 is 11.8 Å². The Kier molecular flexibility index (Phi) is 3.65. The van der Waals surface area contributed by atoms with Gasteiger partial charge in [-0.05, 0) is 23.9 Å². The van der Waals surface area contributed by atoms with E-state index in [2.05, 4.69) is 9.97 Å². The first-order valence-electron chi connectivity index (χ1n) is 5.04. The van der Waals surface area contributed by atoms with Gasteiger partial charge in [0, 0.05) is 13.2 Å². The van der Waals surface area contributed by atoms with Gasteiger partial charge in [-0.25, -0.2) is 9.97 Å². The second-order valence-corrected chi connectivity index (χ2v) is 4.32. The first kappa shape index (κ1) is 11.9. The minimum Gasteiger partial charge on any atom is -0.494 e. The van der Waals surface area contributed by atoms with Crippen molar-refractivity contribution in [3.63, 3.8) is 0 Å². The smallest absolute Gasteiger partial charge is 0.174 e. The summed E-state index contributed by atoms with van der Waals surface area (Å²) in [5.74, 6) is 0.714. The van der Waals surface area contributed by atoms with Crippen LogP contribution in [0.25, 0.3) is 0 Å². The molecule has 2 aromatic rings. The minimum absolute atomic E-state index is 0.0244. The molecule has 0 aromatic carbocycles. The summed E-state index contributed by atoms with van der Waals surface area (Å²) in [6.07, 6.45) is 3.36. The van der Waals surface area contributed by atoms with Crippen LogP contribution in [0.15, 0.2) is 34.7 Å². The van der Waals surface area contributed by atoms with Gasteiger partial charge >= 0.3 is 0 Å². The van der Waals surface area contributed by atoms with E-state index in [0.717, 1.165) is 15.9 Å². The molecule has 6 heteroatoms. The Labute approximate surface area is 103 Å². The summed E-state index contributed by atoms with van der Waals surface area (Å²) in [6, 6.07) is 3.67. The SMILES string of the molecule is COc1cccnc1Sc1ncc(CO)n1C. The van der Waals surface area contributed by atoms with Crippen LogP contribution in [-0.2, 0) is 13.7 Å². The predicted octanol–water partition coefficient (Wildman–Crippen LogP) is 1.47. The van der Waals surface area contributed by atoms with Gasteiger partial charge in [0.05, 0.1) is 25.6 Å². The van der Waals surface area contributed by atoms with Crippen molar-refractivity contribution in [3.05, 3.63) is 30.2 Å². The highest BCUT2D eigenvalue weighted by atomic mass is 32.2. The quantitative estimate of drug-likeness (QED) is 0.891. The van der Waals surface area contributed by atoms with Gasteiger partial charge in [-0.2, -0.15) is 0 Å². The fourth-order valence-corrected chi connectivity index (χ4v) is 2.26. The van der Waals surface area contributed by atoms with Crippen molar-refractivity contribution in [1.29, 1.82) is 0 Å². The molecule has 0 spiro atoms. The average molecular weight is 251 g/mol. The first-order valence-corrected chi connectivity index (χ1v) is 5.86. The van der Waals surface area contributed by atoms with Gasteiger partial charge in [-0.15, -0.1) is 0 Å². The van der Waals surface area contributed by atoms with Crippen molar-refractivity contribution in [3.8, 4) is 5.75 Å². The molecule has 0 atom stereocenters. The standard InChI is InChI=1S/C11H13N3O2S/c1-14-8(7-15)6-13-11(14)17-10-9(16-2)4-3-5-12-10/h3-6,15H,7H2,1-2H3. The van der Waals surface area contributed by atoms with Crippen LogP contribution in [0.3, 0.4) is 0 Å². The fraction of sp³-hybridized carbons (Fsp3) is 0.273. The van der Waals surface area contributed by atoms with Crippen LogP contribution in [0.2, 0.25) is 0 Å². The van der Waals surface area contributed by atoms with E-state index in [9.17, 15) is 0 Å². The molecule has 0 aliphatic heterocycles. The Morgan fingerprint density at radius 1 is 1.47 bits per heavy atom. The van der Waals surface area contributed by atoms with Crippen LogP contribution in [-0.4, -0.2) is 26.8 Å². The lowest BCUT2D eigenvalue weighted by Crippen LogP contribution is -1.98. The van der Waals surface area contributed by atoms with Gasteiger partial charge in [-0.3, -0.25) is 0 Å². The Bertz CT molecular complexity index is 513. The van der Waals surface area contributed by atoms with Crippen molar-refractivity contribution in [2.45, 2.75) is 16.8 Å². The predicted molar refractivity (Wildman–Crippen MR) is 64.0 cm³/mol. The van der Waals surface area contributed by atoms with Crippen LogP contribution in [0.1, 0.15) is 5.69 Å². The summed E-state index contributed by atoms with van der Waals surface area (Å²) < 4.78 is 7.05. The molecule has 0 radical (unpaired) electrons. The second kappa shape index (κ2) is 5.20. The number of imidazole rings is 1. The zero-order valence-corrected chi connectivity index (χ0v) is 10.4. The number of hydrogen-bond acceptors (Lipinski definition) is 5. The minimum atomic E-state index is -0.0244. The van der Waals surface area contributed by atoms with E-state index in [4.69, 9.17) is 9.84 Å². The third kappa shape index (κ3) is 2.42. The topological polar surface area (TPSA) is 60.2 Å².